The van der Waals surface area contributed by atoms with Gasteiger partial charge in [-0.15, -0.1) is 0 Å². The summed E-state index contributed by atoms with van der Waals surface area (Å²) in [5, 5.41) is 3.06. The van der Waals surface area contributed by atoms with E-state index >= 15 is 0 Å². The number of amides is 1. The molecule has 0 saturated carbocycles. The van der Waals surface area contributed by atoms with Gasteiger partial charge in [0.15, 0.2) is 0 Å². The topological polar surface area (TPSA) is 38.3 Å². The Labute approximate surface area is 154 Å². The van der Waals surface area contributed by atoms with Crippen LogP contribution < -0.4 is 10.1 Å². The highest BCUT2D eigenvalue weighted by Gasteiger charge is 2.11. The van der Waals surface area contributed by atoms with E-state index < -0.39 is 0 Å². The Kier molecular flexibility index (Phi) is 5.69. The molecule has 0 aliphatic rings. The first-order valence-electron chi connectivity index (χ1n) is 8.73. The summed E-state index contributed by atoms with van der Waals surface area (Å²) in [5.41, 5.74) is 4.38. The molecule has 1 unspecified atom stereocenters. The van der Waals surface area contributed by atoms with Crippen molar-refractivity contribution >= 4 is 5.91 Å². The molecule has 0 aliphatic carbocycles. The van der Waals surface area contributed by atoms with Crippen LogP contribution >= 0.6 is 0 Å². The lowest BCUT2D eigenvalue weighted by Crippen LogP contribution is -2.28. The minimum atomic E-state index is -0.0436. The third kappa shape index (κ3) is 4.51. The van der Waals surface area contributed by atoms with Crippen molar-refractivity contribution in [1.82, 2.24) is 5.32 Å². The second kappa shape index (κ2) is 8.34. The first kappa shape index (κ1) is 17.7. The van der Waals surface area contributed by atoms with Gasteiger partial charge >= 0.3 is 0 Å². The Balaban J connectivity index is 1.62. The third-order valence-corrected chi connectivity index (χ3v) is 4.39. The Hall–Kier alpha value is -3.07. The van der Waals surface area contributed by atoms with E-state index in [9.17, 15) is 4.79 Å². The molecule has 0 aromatic heterocycles. The SMILES string of the molecule is COc1cccc(CC(=O)NC(C)c2ccc(-c3ccccc3)cc2)c1. The van der Waals surface area contributed by atoms with E-state index in [0.29, 0.717) is 6.42 Å². The summed E-state index contributed by atoms with van der Waals surface area (Å²) >= 11 is 0. The van der Waals surface area contributed by atoms with Crippen molar-refractivity contribution in [3.05, 3.63) is 90.0 Å². The molecule has 26 heavy (non-hydrogen) atoms. The molecular formula is C23H23NO2. The van der Waals surface area contributed by atoms with Gasteiger partial charge in [0.25, 0.3) is 0 Å². The van der Waals surface area contributed by atoms with Crippen molar-refractivity contribution in [2.75, 3.05) is 7.11 Å². The minimum absolute atomic E-state index is 0.00195. The first-order valence-corrected chi connectivity index (χ1v) is 8.73. The molecule has 0 bridgehead atoms. The summed E-state index contributed by atoms with van der Waals surface area (Å²) in [4.78, 5) is 12.3. The Morgan fingerprint density at radius 2 is 1.62 bits per heavy atom. The molecule has 1 atom stereocenters. The third-order valence-electron chi connectivity index (χ3n) is 4.39. The van der Waals surface area contributed by atoms with Crippen LogP contribution in [0, 0.1) is 0 Å². The maximum Gasteiger partial charge on any atom is 0.224 e. The highest BCUT2D eigenvalue weighted by molar-refractivity contribution is 5.79. The molecule has 3 heteroatoms. The fourth-order valence-electron chi connectivity index (χ4n) is 2.94. The van der Waals surface area contributed by atoms with E-state index in [-0.39, 0.29) is 11.9 Å². The molecule has 1 N–H and O–H groups in total. The standard InChI is InChI=1S/C23H23NO2/c1-17(24-23(25)16-18-7-6-10-22(15-18)26-2)19-11-13-21(14-12-19)20-8-4-3-5-9-20/h3-15,17H,16H2,1-2H3,(H,24,25). The largest absolute Gasteiger partial charge is 0.497 e. The fraction of sp³-hybridized carbons (Fsp3) is 0.174. The van der Waals surface area contributed by atoms with Crippen LogP contribution in [-0.4, -0.2) is 13.0 Å². The van der Waals surface area contributed by atoms with Gasteiger partial charge < -0.3 is 10.1 Å². The summed E-state index contributed by atoms with van der Waals surface area (Å²) < 4.78 is 5.20. The number of hydrogen-bond donors (Lipinski definition) is 1. The minimum Gasteiger partial charge on any atom is -0.497 e. The molecule has 132 valence electrons. The molecule has 3 nitrogen and oxygen atoms in total. The van der Waals surface area contributed by atoms with E-state index in [2.05, 4.69) is 41.7 Å². The lowest BCUT2D eigenvalue weighted by atomic mass is 10.0. The zero-order chi connectivity index (χ0) is 18.4. The van der Waals surface area contributed by atoms with Crippen molar-refractivity contribution < 1.29 is 9.53 Å². The second-order valence-electron chi connectivity index (χ2n) is 6.31. The number of nitrogens with one attached hydrogen (secondary N) is 1. The van der Waals surface area contributed by atoms with Gasteiger partial charge in [-0.3, -0.25) is 4.79 Å². The maximum atomic E-state index is 12.3. The molecular weight excluding hydrogens is 322 g/mol. The molecule has 0 saturated heterocycles. The quantitative estimate of drug-likeness (QED) is 0.698. The second-order valence-corrected chi connectivity index (χ2v) is 6.31. The molecule has 3 rings (SSSR count). The zero-order valence-corrected chi connectivity index (χ0v) is 15.1. The summed E-state index contributed by atoms with van der Waals surface area (Å²) in [6, 6.07) is 26.1. The molecule has 0 aliphatic heterocycles. The highest BCUT2D eigenvalue weighted by Crippen LogP contribution is 2.22. The summed E-state index contributed by atoms with van der Waals surface area (Å²) in [6.45, 7) is 2.00. The molecule has 3 aromatic carbocycles. The lowest BCUT2D eigenvalue weighted by Gasteiger charge is -2.15. The normalized spacial score (nSPS) is 11.6. The number of rotatable bonds is 6. The fourth-order valence-corrected chi connectivity index (χ4v) is 2.94. The van der Waals surface area contributed by atoms with E-state index in [1.807, 2.05) is 49.4 Å². The van der Waals surface area contributed by atoms with Crippen LogP contribution in [0.3, 0.4) is 0 Å². The van der Waals surface area contributed by atoms with E-state index in [0.717, 1.165) is 16.9 Å². The summed E-state index contributed by atoms with van der Waals surface area (Å²) in [6.07, 6.45) is 0.337. The van der Waals surface area contributed by atoms with Gasteiger partial charge in [-0.05, 0) is 41.3 Å². The van der Waals surface area contributed by atoms with Gasteiger partial charge in [0.05, 0.1) is 19.6 Å². The van der Waals surface area contributed by atoms with Crippen molar-refractivity contribution in [3.8, 4) is 16.9 Å². The van der Waals surface area contributed by atoms with Crippen LogP contribution in [-0.2, 0) is 11.2 Å². The number of carbonyl (C=O) groups excluding carboxylic acids is 1. The van der Waals surface area contributed by atoms with Crippen LogP contribution in [0.4, 0.5) is 0 Å². The van der Waals surface area contributed by atoms with Gasteiger partial charge in [0, 0.05) is 0 Å². The van der Waals surface area contributed by atoms with Gasteiger partial charge in [0.2, 0.25) is 5.91 Å². The van der Waals surface area contributed by atoms with E-state index in [1.165, 1.54) is 11.1 Å². The molecule has 1 amide bonds. The number of hydrogen-bond acceptors (Lipinski definition) is 2. The van der Waals surface area contributed by atoms with Gasteiger partial charge in [0.1, 0.15) is 5.75 Å². The number of ether oxygens (including phenoxy) is 1. The average molecular weight is 345 g/mol. The van der Waals surface area contributed by atoms with E-state index in [1.54, 1.807) is 7.11 Å². The number of carbonyl (C=O) groups is 1. The summed E-state index contributed by atoms with van der Waals surface area (Å²) in [7, 11) is 1.63. The molecule has 0 fully saturated rings. The van der Waals surface area contributed by atoms with Crippen molar-refractivity contribution in [1.29, 1.82) is 0 Å². The van der Waals surface area contributed by atoms with Crippen LogP contribution in [0.5, 0.6) is 5.75 Å². The van der Waals surface area contributed by atoms with E-state index in [4.69, 9.17) is 4.74 Å². The number of benzene rings is 3. The van der Waals surface area contributed by atoms with Crippen molar-refractivity contribution in [3.63, 3.8) is 0 Å². The summed E-state index contributed by atoms with van der Waals surface area (Å²) in [5.74, 6) is 0.762. The van der Waals surface area contributed by atoms with Crippen LogP contribution in [0.25, 0.3) is 11.1 Å². The predicted molar refractivity (Wildman–Crippen MR) is 105 cm³/mol. The van der Waals surface area contributed by atoms with Crippen molar-refractivity contribution in [2.24, 2.45) is 0 Å². The monoisotopic (exact) mass is 345 g/mol. The molecule has 0 heterocycles. The first-order chi connectivity index (χ1) is 12.7. The Morgan fingerprint density at radius 1 is 0.923 bits per heavy atom. The van der Waals surface area contributed by atoms with Crippen LogP contribution in [0.1, 0.15) is 24.1 Å². The molecule has 0 spiro atoms. The predicted octanol–water partition coefficient (Wildman–Crippen LogP) is 4.78. The Bertz CT molecular complexity index is 857. The highest BCUT2D eigenvalue weighted by atomic mass is 16.5. The van der Waals surface area contributed by atoms with Crippen molar-refractivity contribution in [2.45, 2.75) is 19.4 Å². The van der Waals surface area contributed by atoms with Gasteiger partial charge in [-0.1, -0.05) is 66.7 Å². The van der Waals surface area contributed by atoms with Gasteiger partial charge in [-0.25, -0.2) is 0 Å². The smallest absolute Gasteiger partial charge is 0.224 e. The number of methoxy groups -OCH3 is 1. The van der Waals surface area contributed by atoms with Gasteiger partial charge in [-0.2, -0.15) is 0 Å². The van der Waals surface area contributed by atoms with Crippen LogP contribution in [0.15, 0.2) is 78.9 Å². The molecule has 0 radical (unpaired) electrons. The Morgan fingerprint density at radius 3 is 2.31 bits per heavy atom. The average Bonchev–Trinajstić information content (AvgIpc) is 2.69. The van der Waals surface area contributed by atoms with Crippen LogP contribution in [0.2, 0.25) is 0 Å². The molecule has 3 aromatic rings. The zero-order valence-electron chi connectivity index (χ0n) is 15.1. The maximum absolute atomic E-state index is 12.3. The lowest BCUT2D eigenvalue weighted by molar-refractivity contribution is -0.121.